The molecule has 0 aromatic heterocycles. The van der Waals surface area contributed by atoms with Crippen LogP contribution >= 0.6 is 22.6 Å². The summed E-state index contributed by atoms with van der Waals surface area (Å²) < 4.78 is 12.0. The number of rotatable bonds is 3. The van der Waals surface area contributed by atoms with Crippen molar-refractivity contribution in [1.82, 2.24) is 0 Å². The lowest BCUT2D eigenvalue weighted by atomic mass is 10.2. The number of nitrogen functional groups attached to an aromatic ring is 1. The molecular formula is C13H12INO2. The molecule has 2 rings (SSSR count). The van der Waals surface area contributed by atoms with Gasteiger partial charge in [0.15, 0.2) is 5.75 Å². The summed E-state index contributed by atoms with van der Waals surface area (Å²) in [5, 5.41) is 0. The molecule has 2 aromatic carbocycles. The van der Waals surface area contributed by atoms with Crippen molar-refractivity contribution < 1.29 is 9.47 Å². The highest BCUT2D eigenvalue weighted by Gasteiger charge is 2.04. The fourth-order valence-corrected chi connectivity index (χ4v) is 1.72. The van der Waals surface area contributed by atoms with E-state index in [0.29, 0.717) is 11.4 Å². The van der Waals surface area contributed by atoms with Gasteiger partial charge >= 0.3 is 0 Å². The normalized spacial score (nSPS) is 10.0. The van der Waals surface area contributed by atoms with E-state index in [-0.39, 0.29) is 0 Å². The highest BCUT2D eigenvalue weighted by atomic mass is 127. The molecule has 4 heteroatoms. The van der Waals surface area contributed by atoms with Crippen molar-refractivity contribution in [1.29, 1.82) is 0 Å². The summed E-state index contributed by atoms with van der Waals surface area (Å²) in [6, 6.07) is 13.1. The molecule has 2 aromatic rings. The average molecular weight is 341 g/mol. The Kier molecular flexibility index (Phi) is 3.73. The molecule has 3 nitrogen and oxygen atoms in total. The van der Waals surface area contributed by atoms with Gasteiger partial charge in [-0.2, -0.15) is 0 Å². The van der Waals surface area contributed by atoms with E-state index in [2.05, 4.69) is 22.6 Å². The summed E-state index contributed by atoms with van der Waals surface area (Å²) in [6.45, 7) is 0. The van der Waals surface area contributed by atoms with Crippen molar-refractivity contribution in [3.8, 4) is 17.2 Å². The van der Waals surface area contributed by atoms with Crippen LogP contribution in [0.3, 0.4) is 0 Å². The zero-order valence-electron chi connectivity index (χ0n) is 9.31. The molecule has 0 amide bonds. The van der Waals surface area contributed by atoms with Crippen molar-refractivity contribution in [2.75, 3.05) is 12.8 Å². The van der Waals surface area contributed by atoms with Crippen LogP contribution in [0.1, 0.15) is 0 Å². The Labute approximate surface area is 114 Å². The van der Waals surface area contributed by atoms with Crippen LogP contribution in [0.25, 0.3) is 0 Å². The van der Waals surface area contributed by atoms with Gasteiger partial charge in [-0.25, -0.2) is 0 Å². The van der Waals surface area contributed by atoms with E-state index in [1.807, 2.05) is 24.3 Å². The summed E-state index contributed by atoms with van der Waals surface area (Å²) in [6.07, 6.45) is 0. The molecule has 0 aliphatic rings. The van der Waals surface area contributed by atoms with Crippen LogP contribution in [0.2, 0.25) is 0 Å². The predicted octanol–water partition coefficient (Wildman–Crippen LogP) is 3.67. The summed E-state index contributed by atoms with van der Waals surface area (Å²) in [7, 11) is 1.61. The van der Waals surface area contributed by atoms with Crippen LogP contribution in [0.15, 0.2) is 42.5 Å². The molecule has 0 aliphatic heterocycles. The molecule has 0 saturated carbocycles. The molecular weight excluding hydrogens is 329 g/mol. The number of anilines is 1. The van der Waals surface area contributed by atoms with Gasteiger partial charge in [-0.3, -0.25) is 0 Å². The van der Waals surface area contributed by atoms with E-state index in [0.717, 1.165) is 15.1 Å². The van der Waals surface area contributed by atoms with Gasteiger partial charge in [0, 0.05) is 9.64 Å². The molecule has 0 fully saturated rings. The number of halogens is 1. The van der Waals surface area contributed by atoms with Crippen molar-refractivity contribution in [3.63, 3.8) is 0 Å². The SMILES string of the molecule is COc1ccc(N)c(Oc2ccc(I)cc2)c1. The van der Waals surface area contributed by atoms with Crippen molar-refractivity contribution in [2.24, 2.45) is 0 Å². The second kappa shape index (κ2) is 5.27. The minimum absolute atomic E-state index is 0.587. The predicted molar refractivity (Wildman–Crippen MR) is 76.6 cm³/mol. The molecule has 17 heavy (non-hydrogen) atoms. The smallest absolute Gasteiger partial charge is 0.153 e. The Balaban J connectivity index is 2.25. The Hall–Kier alpha value is -1.43. The molecule has 0 spiro atoms. The summed E-state index contributed by atoms with van der Waals surface area (Å²) in [5.74, 6) is 2.08. The fraction of sp³-hybridized carbons (Fsp3) is 0.0769. The maximum Gasteiger partial charge on any atom is 0.153 e. The monoisotopic (exact) mass is 341 g/mol. The third-order valence-corrected chi connectivity index (χ3v) is 2.98. The summed E-state index contributed by atoms with van der Waals surface area (Å²) >= 11 is 2.25. The first-order valence-corrected chi connectivity index (χ1v) is 6.14. The van der Waals surface area contributed by atoms with Gasteiger partial charge in [-0.15, -0.1) is 0 Å². The van der Waals surface area contributed by atoms with E-state index in [1.54, 1.807) is 25.3 Å². The quantitative estimate of drug-likeness (QED) is 0.684. The highest BCUT2D eigenvalue weighted by Crippen LogP contribution is 2.31. The number of hydrogen-bond acceptors (Lipinski definition) is 3. The molecule has 0 bridgehead atoms. The number of ether oxygens (including phenoxy) is 2. The molecule has 0 heterocycles. The maximum atomic E-state index is 5.84. The average Bonchev–Trinajstić information content (AvgIpc) is 2.35. The summed E-state index contributed by atoms with van der Waals surface area (Å²) in [5.41, 5.74) is 6.43. The van der Waals surface area contributed by atoms with Gasteiger partial charge in [0.25, 0.3) is 0 Å². The van der Waals surface area contributed by atoms with Crippen LogP contribution in [-0.2, 0) is 0 Å². The minimum Gasteiger partial charge on any atom is -0.497 e. The van der Waals surface area contributed by atoms with E-state index < -0.39 is 0 Å². The maximum absolute atomic E-state index is 5.84. The van der Waals surface area contributed by atoms with Crippen LogP contribution < -0.4 is 15.2 Å². The van der Waals surface area contributed by atoms with Crippen LogP contribution in [0.4, 0.5) is 5.69 Å². The van der Waals surface area contributed by atoms with Crippen LogP contribution in [-0.4, -0.2) is 7.11 Å². The van der Waals surface area contributed by atoms with E-state index >= 15 is 0 Å². The Morgan fingerprint density at radius 3 is 2.29 bits per heavy atom. The summed E-state index contributed by atoms with van der Waals surface area (Å²) in [4.78, 5) is 0. The molecule has 0 aliphatic carbocycles. The number of nitrogens with two attached hydrogens (primary N) is 1. The van der Waals surface area contributed by atoms with E-state index in [1.165, 1.54) is 0 Å². The first-order valence-electron chi connectivity index (χ1n) is 5.06. The number of hydrogen-bond donors (Lipinski definition) is 1. The van der Waals surface area contributed by atoms with Crippen molar-refractivity contribution in [3.05, 3.63) is 46.0 Å². The van der Waals surface area contributed by atoms with Gasteiger partial charge in [0.1, 0.15) is 11.5 Å². The molecule has 2 N–H and O–H groups in total. The lowest BCUT2D eigenvalue weighted by Gasteiger charge is -2.10. The molecule has 0 atom stereocenters. The van der Waals surface area contributed by atoms with Crippen molar-refractivity contribution >= 4 is 28.3 Å². The second-order valence-electron chi connectivity index (χ2n) is 3.46. The van der Waals surface area contributed by atoms with Gasteiger partial charge in [-0.1, -0.05) is 0 Å². The topological polar surface area (TPSA) is 44.5 Å². The van der Waals surface area contributed by atoms with Crippen LogP contribution in [0, 0.1) is 3.57 Å². The number of benzene rings is 2. The lowest BCUT2D eigenvalue weighted by Crippen LogP contribution is -1.93. The zero-order valence-corrected chi connectivity index (χ0v) is 11.5. The third-order valence-electron chi connectivity index (χ3n) is 2.26. The molecule has 0 unspecified atom stereocenters. The first kappa shape index (κ1) is 12.0. The Morgan fingerprint density at radius 1 is 1.00 bits per heavy atom. The van der Waals surface area contributed by atoms with E-state index in [4.69, 9.17) is 15.2 Å². The largest absolute Gasteiger partial charge is 0.497 e. The lowest BCUT2D eigenvalue weighted by molar-refractivity contribution is 0.409. The van der Waals surface area contributed by atoms with E-state index in [9.17, 15) is 0 Å². The second-order valence-corrected chi connectivity index (χ2v) is 4.71. The number of methoxy groups -OCH3 is 1. The zero-order chi connectivity index (χ0) is 12.3. The van der Waals surface area contributed by atoms with Gasteiger partial charge in [-0.05, 0) is 59.0 Å². The minimum atomic E-state index is 0.587. The Morgan fingerprint density at radius 2 is 1.65 bits per heavy atom. The van der Waals surface area contributed by atoms with Crippen molar-refractivity contribution in [2.45, 2.75) is 0 Å². The molecule has 0 saturated heterocycles. The fourth-order valence-electron chi connectivity index (χ4n) is 1.36. The molecule has 88 valence electrons. The highest BCUT2D eigenvalue weighted by molar-refractivity contribution is 14.1. The van der Waals surface area contributed by atoms with Gasteiger partial charge in [0.2, 0.25) is 0 Å². The molecule has 0 radical (unpaired) electrons. The Bertz CT molecular complexity index is 511. The standard InChI is InChI=1S/C13H12INO2/c1-16-11-6-7-12(15)13(8-11)17-10-4-2-9(14)3-5-10/h2-8H,15H2,1H3. The first-order chi connectivity index (χ1) is 8.19. The van der Waals surface area contributed by atoms with Gasteiger partial charge < -0.3 is 15.2 Å². The van der Waals surface area contributed by atoms with Gasteiger partial charge in [0.05, 0.1) is 12.8 Å². The third kappa shape index (κ3) is 3.03. The van der Waals surface area contributed by atoms with Crippen LogP contribution in [0.5, 0.6) is 17.2 Å².